The Balaban J connectivity index is 1.62. The Morgan fingerprint density at radius 2 is 1.57 bits per heavy atom. The van der Waals surface area contributed by atoms with Gasteiger partial charge in [-0.2, -0.15) is 18.3 Å². The van der Waals surface area contributed by atoms with Crippen LogP contribution >= 0.6 is 0 Å². The third-order valence-electron chi connectivity index (χ3n) is 5.81. The number of halogens is 3. The number of rotatable bonds is 5. The first kappa shape index (κ1) is 22.6. The number of fused-ring (bicyclic) bond motifs is 3. The van der Waals surface area contributed by atoms with Crippen molar-refractivity contribution in [3.05, 3.63) is 90.6 Å². The van der Waals surface area contributed by atoms with Crippen molar-refractivity contribution in [2.75, 3.05) is 11.9 Å². The fraction of sp³-hybridized carbons (Fsp3) is 0.111. The average molecular weight is 474 g/mol. The van der Waals surface area contributed by atoms with Gasteiger partial charge in [-0.05, 0) is 57.9 Å². The van der Waals surface area contributed by atoms with Gasteiger partial charge < -0.3 is 11.1 Å². The molecule has 0 saturated heterocycles. The second-order valence-electron chi connectivity index (χ2n) is 8.18. The van der Waals surface area contributed by atoms with Crippen LogP contribution in [0.1, 0.15) is 12.1 Å². The molecule has 0 aliphatic carbocycles. The SMILES string of the molecule is NCCC(=O)Nc1ccc(-n2nc(C(F)(F)F)cc2-c2ccc3ccc4ccccc4c3c2)cc1. The van der Waals surface area contributed by atoms with E-state index in [1.807, 2.05) is 48.5 Å². The van der Waals surface area contributed by atoms with Crippen molar-refractivity contribution in [2.45, 2.75) is 12.6 Å². The van der Waals surface area contributed by atoms with Crippen molar-refractivity contribution in [1.82, 2.24) is 9.78 Å². The molecule has 5 rings (SSSR count). The second-order valence-corrected chi connectivity index (χ2v) is 8.18. The van der Waals surface area contributed by atoms with E-state index in [9.17, 15) is 18.0 Å². The summed E-state index contributed by atoms with van der Waals surface area (Å²) < 4.78 is 42.1. The molecule has 35 heavy (non-hydrogen) atoms. The number of amides is 1. The molecule has 8 heteroatoms. The zero-order valence-corrected chi connectivity index (χ0v) is 18.5. The molecule has 0 radical (unpaired) electrons. The first-order valence-corrected chi connectivity index (χ1v) is 11.0. The topological polar surface area (TPSA) is 72.9 Å². The normalized spacial score (nSPS) is 11.8. The van der Waals surface area contributed by atoms with Gasteiger partial charge in [0.25, 0.3) is 0 Å². The zero-order valence-electron chi connectivity index (χ0n) is 18.5. The summed E-state index contributed by atoms with van der Waals surface area (Å²) in [6, 6.07) is 25.0. The van der Waals surface area contributed by atoms with Crippen molar-refractivity contribution < 1.29 is 18.0 Å². The van der Waals surface area contributed by atoms with Crippen LogP contribution in [0.2, 0.25) is 0 Å². The predicted molar refractivity (Wildman–Crippen MR) is 131 cm³/mol. The molecule has 0 atom stereocenters. The Bertz CT molecular complexity index is 1540. The molecular formula is C27H21F3N4O. The number of nitrogens with two attached hydrogens (primary N) is 1. The largest absolute Gasteiger partial charge is 0.435 e. The van der Waals surface area contributed by atoms with Gasteiger partial charge in [0.2, 0.25) is 5.91 Å². The molecule has 0 saturated carbocycles. The van der Waals surface area contributed by atoms with Gasteiger partial charge in [0, 0.05) is 24.2 Å². The van der Waals surface area contributed by atoms with Crippen LogP contribution in [0.15, 0.2) is 84.9 Å². The minimum Gasteiger partial charge on any atom is -0.330 e. The van der Waals surface area contributed by atoms with Crippen LogP contribution in [0.3, 0.4) is 0 Å². The van der Waals surface area contributed by atoms with E-state index in [1.54, 1.807) is 30.3 Å². The third kappa shape index (κ3) is 4.48. The van der Waals surface area contributed by atoms with Crippen molar-refractivity contribution in [2.24, 2.45) is 5.73 Å². The van der Waals surface area contributed by atoms with Crippen molar-refractivity contribution in [1.29, 1.82) is 0 Å². The summed E-state index contributed by atoms with van der Waals surface area (Å²) in [5.41, 5.74) is 6.29. The Morgan fingerprint density at radius 3 is 2.29 bits per heavy atom. The molecule has 1 aromatic heterocycles. The maximum atomic E-state index is 13.6. The van der Waals surface area contributed by atoms with E-state index in [2.05, 4.69) is 10.4 Å². The quantitative estimate of drug-likeness (QED) is 0.300. The molecule has 0 unspecified atom stereocenters. The molecule has 0 aliphatic heterocycles. The number of anilines is 1. The van der Waals surface area contributed by atoms with Crippen molar-refractivity contribution in [3.63, 3.8) is 0 Å². The highest BCUT2D eigenvalue weighted by Gasteiger charge is 2.35. The number of hydrogen-bond acceptors (Lipinski definition) is 3. The Kier molecular flexibility index (Phi) is 5.74. The number of hydrogen-bond donors (Lipinski definition) is 2. The molecule has 4 aromatic carbocycles. The number of alkyl halides is 3. The number of nitrogens with one attached hydrogen (secondary N) is 1. The molecule has 176 valence electrons. The molecule has 5 aromatic rings. The minimum absolute atomic E-state index is 0.177. The van der Waals surface area contributed by atoms with Gasteiger partial charge in [-0.25, -0.2) is 4.68 Å². The molecule has 1 heterocycles. The van der Waals surface area contributed by atoms with Crippen molar-refractivity contribution in [3.8, 4) is 16.9 Å². The summed E-state index contributed by atoms with van der Waals surface area (Å²) in [5.74, 6) is -0.234. The first-order valence-electron chi connectivity index (χ1n) is 11.0. The number of carbonyl (C=O) groups excluding carboxylic acids is 1. The molecule has 0 bridgehead atoms. The maximum absolute atomic E-state index is 13.6. The summed E-state index contributed by atoms with van der Waals surface area (Å²) in [6.07, 6.45) is -4.42. The van der Waals surface area contributed by atoms with Gasteiger partial charge in [-0.15, -0.1) is 0 Å². The molecule has 0 spiro atoms. The van der Waals surface area contributed by atoms with Gasteiger partial charge in [0.1, 0.15) is 0 Å². The number of aromatic nitrogens is 2. The van der Waals surface area contributed by atoms with Crippen LogP contribution in [-0.4, -0.2) is 22.2 Å². The first-order chi connectivity index (χ1) is 16.8. The zero-order chi connectivity index (χ0) is 24.6. The van der Waals surface area contributed by atoms with E-state index in [1.165, 1.54) is 4.68 Å². The highest BCUT2D eigenvalue weighted by Crippen LogP contribution is 2.35. The van der Waals surface area contributed by atoms with Gasteiger partial charge in [0.15, 0.2) is 5.69 Å². The third-order valence-corrected chi connectivity index (χ3v) is 5.81. The number of carbonyl (C=O) groups is 1. The van der Waals surface area contributed by atoms with E-state index in [4.69, 9.17) is 5.73 Å². The van der Waals surface area contributed by atoms with Gasteiger partial charge in [-0.1, -0.05) is 48.5 Å². The Morgan fingerprint density at radius 1 is 0.886 bits per heavy atom. The highest BCUT2D eigenvalue weighted by molar-refractivity contribution is 6.08. The van der Waals surface area contributed by atoms with Gasteiger partial charge >= 0.3 is 6.18 Å². The summed E-state index contributed by atoms with van der Waals surface area (Å²) in [7, 11) is 0. The van der Waals surface area contributed by atoms with Crippen LogP contribution < -0.4 is 11.1 Å². The van der Waals surface area contributed by atoms with Crippen molar-refractivity contribution >= 4 is 33.1 Å². The summed E-state index contributed by atoms with van der Waals surface area (Å²) in [6.45, 7) is 0.224. The standard InChI is InChI=1S/C27H21F3N4O/c28-27(29,30)25-16-24(34(33-25)21-11-9-20(10-12-21)32-26(35)13-14-31)19-8-7-18-6-5-17-3-1-2-4-22(17)23(18)15-19/h1-12,15-16H,13-14,31H2,(H,32,35). The summed E-state index contributed by atoms with van der Waals surface area (Å²) >= 11 is 0. The predicted octanol–water partition coefficient (Wildman–Crippen LogP) is 6.15. The van der Waals surface area contributed by atoms with Crippen LogP contribution in [0.4, 0.5) is 18.9 Å². The fourth-order valence-electron chi connectivity index (χ4n) is 4.12. The summed E-state index contributed by atoms with van der Waals surface area (Å²) in [5, 5.41) is 10.6. The Labute approximate surface area is 199 Å². The molecule has 3 N–H and O–H groups in total. The summed E-state index contributed by atoms with van der Waals surface area (Å²) in [4.78, 5) is 11.8. The van der Waals surface area contributed by atoms with E-state index in [0.717, 1.165) is 27.6 Å². The lowest BCUT2D eigenvalue weighted by Crippen LogP contribution is -2.16. The average Bonchev–Trinajstić information content (AvgIpc) is 3.30. The lowest BCUT2D eigenvalue weighted by Gasteiger charge is -2.11. The molecule has 0 fully saturated rings. The molecule has 0 aliphatic rings. The van der Waals surface area contributed by atoms with E-state index in [0.29, 0.717) is 22.6 Å². The molecule has 5 nitrogen and oxygen atoms in total. The van der Waals surface area contributed by atoms with E-state index < -0.39 is 11.9 Å². The smallest absolute Gasteiger partial charge is 0.330 e. The Hall–Kier alpha value is -4.17. The van der Waals surface area contributed by atoms with E-state index in [-0.39, 0.29) is 18.9 Å². The number of benzene rings is 4. The molecular weight excluding hydrogens is 453 g/mol. The monoisotopic (exact) mass is 474 g/mol. The lowest BCUT2D eigenvalue weighted by atomic mass is 9.99. The fourth-order valence-corrected chi connectivity index (χ4v) is 4.12. The van der Waals surface area contributed by atoms with Gasteiger partial charge in [-0.3, -0.25) is 4.79 Å². The van der Waals surface area contributed by atoms with Crippen LogP contribution in [0, 0.1) is 0 Å². The van der Waals surface area contributed by atoms with Crippen LogP contribution in [0.25, 0.3) is 38.5 Å². The second kappa shape index (κ2) is 8.88. The lowest BCUT2D eigenvalue weighted by molar-refractivity contribution is -0.141. The number of nitrogens with zero attached hydrogens (tertiary/aromatic N) is 2. The van der Waals surface area contributed by atoms with Crippen LogP contribution in [0.5, 0.6) is 0 Å². The molecule has 1 amide bonds. The van der Waals surface area contributed by atoms with E-state index >= 15 is 0 Å². The minimum atomic E-state index is -4.60. The maximum Gasteiger partial charge on any atom is 0.435 e. The van der Waals surface area contributed by atoms with Gasteiger partial charge in [0.05, 0.1) is 11.4 Å². The van der Waals surface area contributed by atoms with Crippen LogP contribution in [-0.2, 0) is 11.0 Å². The highest BCUT2D eigenvalue weighted by atomic mass is 19.4.